The summed E-state index contributed by atoms with van der Waals surface area (Å²) in [4.78, 5) is 3.91. The third kappa shape index (κ3) is 1.97. The van der Waals surface area contributed by atoms with Crippen LogP contribution in [0.5, 0.6) is 0 Å². The van der Waals surface area contributed by atoms with Crippen LogP contribution in [0.2, 0.25) is 0 Å². The fourth-order valence-electron chi connectivity index (χ4n) is 2.33. The van der Waals surface area contributed by atoms with Gasteiger partial charge >= 0.3 is 0 Å². The van der Waals surface area contributed by atoms with Crippen LogP contribution < -0.4 is 0 Å². The van der Waals surface area contributed by atoms with Crippen LogP contribution in [0.25, 0.3) is 0 Å². The first-order chi connectivity index (χ1) is 6.65. The molecule has 1 aromatic heterocycles. The molecule has 0 saturated carbocycles. The monoisotopic (exact) mass is 196 g/mol. The van der Waals surface area contributed by atoms with Gasteiger partial charge in [0, 0.05) is 13.0 Å². The number of aryl methyl sites for hydroxylation is 1. The van der Waals surface area contributed by atoms with Crippen LogP contribution in [-0.2, 0) is 13.0 Å². The number of nitrogens with zero attached hydrogens (tertiary/aromatic N) is 2. The Morgan fingerprint density at radius 3 is 3.14 bits per heavy atom. The van der Waals surface area contributed by atoms with Gasteiger partial charge in [0.15, 0.2) is 0 Å². The lowest BCUT2D eigenvalue weighted by molar-refractivity contribution is 0.324. The zero-order chi connectivity index (χ0) is 10.1. The van der Waals surface area contributed by atoms with Gasteiger partial charge in [-0.05, 0) is 24.7 Å². The number of hydrogen-bond donors (Lipinski definition) is 0. The van der Waals surface area contributed by atoms with Crippen molar-refractivity contribution in [2.75, 3.05) is 0 Å². The molecule has 0 amide bonds. The standard InChI is InChI=1S/C11H17FN2/c1-8(2)5-9-3-4-14-7-10(12)13-11(14)6-9/h7-9H,3-6H2,1-2H3. The van der Waals surface area contributed by atoms with Crippen LogP contribution in [0.3, 0.4) is 0 Å². The van der Waals surface area contributed by atoms with Crippen molar-refractivity contribution in [2.45, 2.75) is 39.7 Å². The molecule has 0 aliphatic carbocycles. The summed E-state index contributed by atoms with van der Waals surface area (Å²) in [6, 6.07) is 0. The first-order valence-corrected chi connectivity index (χ1v) is 5.36. The molecule has 0 aromatic carbocycles. The maximum absolute atomic E-state index is 12.8. The molecule has 1 aliphatic rings. The van der Waals surface area contributed by atoms with Crippen LogP contribution in [0.4, 0.5) is 4.39 Å². The lowest BCUT2D eigenvalue weighted by Crippen LogP contribution is -2.20. The molecule has 0 radical (unpaired) electrons. The molecular weight excluding hydrogens is 179 g/mol. The molecule has 1 atom stereocenters. The molecule has 1 aliphatic heterocycles. The molecule has 0 N–H and O–H groups in total. The molecule has 2 rings (SSSR count). The first kappa shape index (κ1) is 9.69. The average molecular weight is 196 g/mol. The Balaban J connectivity index is 2.05. The third-order valence-corrected chi connectivity index (χ3v) is 2.88. The molecule has 1 aromatic rings. The molecule has 0 spiro atoms. The van der Waals surface area contributed by atoms with Crippen molar-refractivity contribution in [1.82, 2.24) is 9.55 Å². The molecular formula is C11H17FN2. The summed E-state index contributed by atoms with van der Waals surface area (Å²) in [5.41, 5.74) is 0. The number of aromatic nitrogens is 2. The van der Waals surface area contributed by atoms with Crippen LogP contribution >= 0.6 is 0 Å². The lowest BCUT2D eigenvalue weighted by Gasteiger charge is -2.24. The predicted molar refractivity (Wildman–Crippen MR) is 53.5 cm³/mol. The first-order valence-electron chi connectivity index (χ1n) is 5.36. The van der Waals surface area contributed by atoms with Crippen molar-refractivity contribution in [3.8, 4) is 0 Å². The van der Waals surface area contributed by atoms with E-state index >= 15 is 0 Å². The molecule has 0 saturated heterocycles. The van der Waals surface area contributed by atoms with E-state index in [9.17, 15) is 4.39 Å². The predicted octanol–water partition coefficient (Wildman–Crippen LogP) is 2.63. The normalized spacial score (nSPS) is 21.3. The van der Waals surface area contributed by atoms with E-state index < -0.39 is 0 Å². The van der Waals surface area contributed by atoms with Gasteiger partial charge in [0.1, 0.15) is 5.82 Å². The van der Waals surface area contributed by atoms with Crippen LogP contribution in [0.15, 0.2) is 6.20 Å². The van der Waals surface area contributed by atoms with Gasteiger partial charge in [-0.2, -0.15) is 4.39 Å². The Hall–Kier alpha value is -0.860. The van der Waals surface area contributed by atoms with Gasteiger partial charge in [0.05, 0.1) is 6.20 Å². The minimum absolute atomic E-state index is 0.329. The van der Waals surface area contributed by atoms with E-state index in [0.29, 0.717) is 5.92 Å². The van der Waals surface area contributed by atoms with Crippen molar-refractivity contribution < 1.29 is 4.39 Å². The summed E-state index contributed by atoms with van der Waals surface area (Å²) in [6.45, 7) is 5.41. The summed E-state index contributed by atoms with van der Waals surface area (Å²) < 4.78 is 14.8. The van der Waals surface area contributed by atoms with E-state index in [-0.39, 0.29) is 5.95 Å². The number of imidazole rings is 1. The highest BCUT2D eigenvalue weighted by atomic mass is 19.1. The van der Waals surface area contributed by atoms with E-state index in [1.54, 1.807) is 0 Å². The SMILES string of the molecule is CC(C)CC1CCn2cc(F)nc2C1. The number of rotatable bonds is 2. The maximum atomic E-state index is 12.8. The molecule has 2 nitrogen and oxygen atoms in total. The molecule has 0 bridgehead atoms. The minimum atomic E-state index is -0.329. The Morgan fingerprint density at radius 1 is 1.64 bits per heavy atom. The Morgan fingerprint density at radius 2 is 2.43 bits per heavy atom. The molecule has 14 heavy (non-hydrogen) atoms. The van der Waals surface area contributed by atoms with Crippen molar-refractivity contribution in [3.05, 3.63) is 18.0 Å². The highest BCUT2D eigenvalue weighted by Gasteiger charge is 2.21. The van der Waals surface area contributed by atoms with E-state index in [2.05, 4.69) is 18.8 Å². The van der Waals surface area contributed by atoms with Crippen LogP contribution in [-0.4, -0.2) is 9.55 Å². The van der Waals surface area contributed by atoms with Crippen molar-refractivity contribution in [2.24, 2.45) is 11.8 Å². The second kappa shape index (κ2) is 3.71. The van der Waals surface area contributed by atoms with Crippen LogP contribution in [0.1, 0.15) is 32.5 Å². The quantitative estimate of drug-likeness (QED) is 0.711. The fraction of sp³-hybridized carbons (Fsp3) is 0.727. The molecule has 0 fully saturated rings. The lowest BCUT2D eigenvalue weighted by atomic mass is 9.89. The molecule has 2 heterocycles. The van der Waals surface area contributed by atoms with E-state index in [4.69, 9.17) is 0 Å². The summed E-state index contributed by atoms with van der Waals surface area (Å²) >= 11 is 0. The Bertz CT molecular complexity index is 317. The number of hydrogen-bond acceptors (Lipinski definition) is 1. The van der Waals surface area contributed by atoms with Crippen molar-refractivity contribution in [1.29, 1.82) is 0 Å². The summed E-state index contributed by atoms with van der Waals surface area (Å²) in [5.74, 6) is 2.03. The number of halogens is 1. The second-order valence-electron chi connectivity index (χ2n) is 4.66. The second-order valence-corrected chi connectivity index (χ2v) is 4.66. The summed E-state index contributed by atoms with van der Waals surface area (Å²) in [5, 5.41) is 0. The van der Waals surface area contributed by atoms with Gasteiger partial charge in [-0.15, -0.1) is 0 Å². The Kier molecular flexibility index (Phi) is 2.57. The van der Waals surface area contributed by atoms with Crippen molar-refractivity contribution in [3.63, 3.8) is 0 Å². The van der Waals surface area contributed by atoms with Gasteiger partial charge in [-0.25, -0.2) is 4.98 Å². The third-order valence-electron chi connectivity index (χ3n) is 2.88. The highest BCUT2D eigenvalue weighted by molar-refractivity contribution is 4.98. The molecule has 3 heteroatoms. The molecule has 1 unspecified atom stereocenters. The largest absolute Gasteiger partial charge is 0.332 e. The smallest absolute Gasteiger partial charge is 0.230 e. The van der Waals surface area contributed by atoms with Gasteiger partial charge in [-0.3, -0.25) is 0 Å². The highest BCUT2D eigenvalue weighted by Crippen LogP contribution is 2.25. The van der Waals surface area contributed by atoms with Crippen LogP contribution in [0, 0.1) is 17.8 Å². The summed E-state index contributed by atoms with van der Waals surface area (Å²) in [6.07, 6.45) is 4.86. The zero-order valence-electron chi connectivity index (χ0n) is 8.83. The maximum Gasteiger partial charge on any atom is 0.230 e. The fourth-order valence-corrected chi connectivity index (χ4v) is 2.33. The van der Waals surface area contributed by atoms with Gasteiger partial charge in [0.25, 0.3) is 0 Å². The Labute approximate surface area is 84.1 Å². The number of fused-ring (bicyclic) bond motifs is 1. The van der Waals surface area contributed by atoms with E-state index in [1.165, 1.54) is 19.0 Å². The van der Waals surface area contributed by atoms with Crippen molar-refractivity contribution >= 4 is 0 Å². The van der Waals surface area contributed by atoms with Gasteiger partial charge in [0.2, 0.25) is 5.95 Å². The minimum Gasteiger partial charge on any atom is -0.332 e. The average Bonchev–Trinajstić information content (AvgIpc) is 2.42. The summed E-state index contributed by atoms with van der Waals surface area (Å²) in [7, 11) is 0. The van der Waals surface area contributed by atoms with E-state index in [0.717, 1.165) is 24.7 Å². The topological polar surface area (TPSA) is 17.8 Å². The molecule has 78 valence electrons. The van der Waals surface area contributed by atoms with E-state index in [1.807, 2.05) is 4.57 Å². The zero-order valence-corrected chi connectivity index (χ0v) is 8.83. The van der Waals surface area contributed by atoms with Gasteiger partial charge < -0.3 is 4.57 Å². The van der Waals surface area contributed by atoms with Gasteiger partial charge in [-0.1, -0.05) is 13.8 Å².